The Hall–Kier alpha value is -1.38. The first-order chi connectivity index (χ1) is 7.30. The summed E-state index contributed by atoms with van der Waals surface area (Å²) in [6.45, 7) is 7.78. The quantitative estimate of drug-likeness (QED) is 0.722. The lowest BCUT2D eigenvalue weighted by Crippen LogP contribution is -1.97. The molecule has 0 atom stereocenters. The van der Waals surface area contributed by atoms with Gasteiger partial charge in [-0.3, -0.25) is 0 Å². The van der Waals surface area contributed by atoms with Crippen molar-refractivity contribution in [3.8, 4) is 17.2 Å². The second-order valence-corrected chi connectivity index (χ2v) is 2.94. The largest absolute Gasteiger partial charge is 0.494 e. The van der Waals surface area contributed by atoms with E-state index in [0.29, 0.717) is 19.8 Å². The van der Waals surface area contributed by atoms with Crippen LogP contribution >= 0.6 is 0 Å². The van der Waals surface area contributed by atoms with Crippen LogP contribution in [0.5, 0.6) is 17.2 Å². The molecule has 0 heterocycles. The molecule has 84 valence electrons. The van der Waals surface area contributed by atoms with E-state index in [-0.39, 0.29) is 0 Å². The maximum Gasteiger partial charge on any atom is 0.126 e. The van der Waals surface area contributed by atoms with Crippen molar-refractivity contribution < 1.29 is 14.2 Å². The maximum atomic E-state index is 5.42. The highest BCUT2D eigenvalue weighted by Crippen LogP contribution is 2.27. The van der Waals surface area contributed by atoms with Gasteiger partial charge in [0.1, 0.15) is 17.2 Å². The van der Waals surface area contributed by atoms with Crippen molar-refractivity contribution in [2.24, 2.45) is 0 Å². The van der Waals surface area contributed by atoms with Crippen molar-refractivity contribution in [1.29, 1.82) is 0 Å². The Kier molecular flexibility index (Phi) is 4.81. The van der Waals surface area contributed by atoms with Gasteiger partial charge in [0.2, 0.25) is 0 Å². The van der Waals surface area contributed by atoms with Crippen LogP contribution in [0.1, 0.15) is 20.8 Å². The van der Waals surface area contributed by atoms with Gasteiger partial charge in [-0.05, 0) is 20.8 Å². The van der Waals surface area contributed by atoms with Crippen LogP contribution in [-0.2, 0) is 0 Å². The van der Waals surface area contributed by atoms with Crippen molar-refractivity contribution >= 4 is 0 Å². The van der Waals surface area contributed by atoms with Gasteiger partial charge < -0.3 is 14.2 Å². The van der Waals surface area contributed by atoms with Crippen molar-refractivity contribution in [2.75, 3.05) is 19.8 Å². The summed E-state index contributed by atoms with van der Waals surface area (Å²) in [5.41, 5.74) is 0. The minimum atomic E-state index is 0.640. The third-order valence-electron chi connectivity index (χ3n) is 1.79. The highest BCUT2D eigenvalue weighted by atomic mass is 16.5. The molecule has 0 N–H and O–H groups in total. The molecule has 3 nitrogen and oxygen atoms in total. The highest BCUT2D eigenvalue weighted by Gasteiger charge is 2.02. The first kappa shape index (κ1) is 11.7. The molecule has 0 unspecified atom stereocenters. The number of rotatable bonds is 6. The van der Waals surface area contributed by atoms with Gasteiger partial charge in [-0.25, -0.2) is 0 Å². The average Bonchev–Trinajstić information content (AvgIpc) is 2.19. The van der Waals surface area contributed by atoms with Crippen LogP contribution < -0.4 is 14.2 Å². The van der Waals surface area contributed by atoms with E-state index in [9.17, 15) is 0 Å². The Morgan fingerprint density at radius 2 is 0.933 bits per heavy atom. The Morgan fingerprint density at radius 1 is 0.667 bits per heavy atom. The van der Waals surface area contributed by atoms with Crippen molar-refractivity contribution in [3.63, 3.8) is 0 Å². The normalized spacial score (nSPS) is 9.80. The van der Waals surface area contributed by atoms with Crippen LogP contribution in [-0.4, -0.2) is 19.8 Å². The third-order valence-corrected chi connectivity index (χ3v) is 1.79. The molecule has 0 aliphatic rings. The molecular formula is C12H18O3. The standard InChI is InChI=1S/C12H18O3/c1-4-13-10-7-11(14-5-2)9-12(8-10)15-6-3/h7-9H,4-6H2,1-3H3. The minimum Gasteiger partial charge on any atom is -0.494 e. The van der Waals surface area contributed by atoms with E-state index in [1.165, 1.54) is 0 Å². The fourth-order valence-electron chi connectivity index (χ4n) is 1.30. The Morgan fingerprint density at radius 3 is 1.13 bits per heavy atom. The summed E-state index contributed by atoms with van der Waals surface area (Å²) in [4.78, 5) is 0. The summed E-state index contributed by atoms with van der Waals surface area (Å²) >= 11 is 0. The second-order valence-electron chi connectivity index (χ2n) is 2.94. The predicted molar refractivity (Wildman–Crippen MR) is 59.9 cm³/mol. The predicted octanol–water partition coefficient (Wildman–Crippen LogP) is 2.88. The van der Waals surface area contributed by atoms with E-state index in [1.807, 2.05) is 39.0 Å². The van der Waals surface area contributed by atoms with E-state index in [2.05, 4.69) is 0 Å². The first-order valence-electron chi connectivity index (χ1n) is 5.33. The number of hydrogen-bond donors (Lipinski definition) is 0. The van der Waals surface area contributed by atoms with Crippen molar-refractivity contribution in [2.45, 2.75) is 20.8 Å². The molecule has 1 aromatic carbocycles. The average molecular weight is 210 g/mol. The Labute approximate surface area is 91.0 Å². The maximum absolute atomic E-state index is 5.42. The fraction of sp³-hybridized carbons (Fsp3) is 0.500. The van der Waals surface area contributed by atoms with E-state index in [1.54, 1.807) is 0 Å². The number of ether oxygens (including phenoxy) is 3. The Bertz CT molecular complexity index is 237. The summed E-state index contributed by atoms with van der Waals surface area (Å²) in [5.74, 6) is 2.35. The zero-order valence-electron chi connectivity index (χ0n) is 9.58. The van der Waals surface area contributed by atoms with Crippen molar-refractivity contribution in [3.05, 3.63) is 18.2 Å². The van der Waals surface area contributed by atoms with Crippen LogP contribution in [0.15, 0.2) is 18.2 Å². The van der Waals surface area contributed by atoms with Crippen LogP contribution in [0.25, 0.3) is 0 Å². The molecule has 0 saturated carbocycles. The number of hydrogen-bond acceptors (Lipinski definition) is 3. The van der Waals surface area contributed by atoms with E-state index in [0.717, 1.165) is 17.2 Å². The molecule has 0 aromatic heterocycles. The lowest BCUT2D eigenvalue weighted by molar-refractivity contribution is 0.307. The van der Waals surface area contributed by atoms with Crippen LogP contribution in [0, 0.1) is 0 Å². The molecule has 0 saturated heterocycles. The van der Waals surface area contributed by atoms with Gasteiger partial charge in [0, 0.05) is 18.2 Å². The van der Waals surface area contributed by atoms with Gasteiger partial charge >= 0.3 is 0 Å². The molecule has 0 fully saturated rings. The van der Waals surface area contributed by atoms with Crippen LogP contribution in [0.4, 0.5) is 0 Å². The molecule has 0 aliphatic carbocycles. The van der Waals surface area contributed by atoms with Gasteiger partial charge in [-0.15, -0.1) is 0 Å². The monoisotopic (exact) mass is 210 g/mol. The number of benzene rings is 1. The van der Waals surface area contributed by atoms with Crippen LogP contribution in [0.2, 0.25) is 0 Å². The molecular weight excluding hydrogens is 192 g/mol. The second kappa shape index (κ2) is 6.17. The third kappa shape index (κ3) is 3.70. The highest BCUT2D eigenvalue weighted by molar-refractivity contribution is 5.42. The smallest absolute Gasteiger partial charge is 0.126 e. The van der Waals surface area contributed by atoms with E-state index in [4.69, 9.17) is 14.2 Å². The first-order valence-corrected chi connectivity index (χ1v) is 5.33. The molecule has 0 aliphatic heterocycles. The van der Waals surface area contributed by atoms with Crippen molar-refractivity contribution in [1.82, 2.24) is 0 Å². The fourth-order valence-corrected chi connectivity index (χ4v) is 1.30. The molecule has 15 heavy (non-hydrogen) atoms. The zero-order valence-corrected chi connectivity index (χ0v) is 9.58. The summed E-state index contributed by atoms with van der Waals surface area (Å²) in [5, 5.41) is 0. The molecule has 0 amide bonds. The van der Waals surface area contributed by atoms with Gasteiger partial charge in [-0.2, -0.15) is 0 Å². The molecule has 3 heteroatoms. The summed E-state index contributed by atoms with van der Waals surface area (Å²) in [6.07, 6.45) is 0. The lowest BCUT2D eigenvalue weighted by atomic mass is 10.3. The van der Waals surface area contributed by atoms with E-state index >= 15 is 0 Å². The van der Waals surface area contributed by atoms with Gasteiger partial charge in [0.05, 0.1) is 19.8 Å². The minimum absolute atomic E-state index is 0.640. The molecule has 1 aromatic rings. The Balaban J connectivity index is 2.86. The molecule has 1 rings (SSSR count). The van der Waals surface area contributed by atoms with E-state index < -0.39 is 0 Å². The zero-order chi connectivity index (χ0) is 11.1. The summed E-state index contributed by atoms with van der Waals surface area (Å²) < 4.78 is 16.3. The molecule has 0 spiro atoms. The topological polar surface area (TPSA) is 27.7 Å². The lowest BCUT2D eigenvalue weighted by Gasteiger charge is -2.10. The van der Waals surface area contributed by atoms with Crippen LogP contribution in [0.3, 0.4) is 0 Å². The molecule has 0 radical (unpaired) electrons. The molecule has 0 bridgehead atoms. The summed E-state index contributed by atoms with van der Waals surface area (Å²) in [6, 6.07) is 5.61. The van der Waals surface area contributed by atoms with Gasteiger partial charge in [-0.1, -0.05) is 0 Å². The SMILES string of the molecule is CCOc1cc(OCC)cc(OCC)c1. The van der Waals surface area contributed by atoms with Gasteiger partial charge in [0.15, 0.2) is 0 Å². The van der Waals surface area contributed by atoms with Gasteiger partial charge in [0.25, 0.3) is 0 Å². The summed E-state index contributed by atoms with van der Waals surface area (Å²) in [7, 11) is 0.